The van der Waals surface area contributed by atoms with E-state index in [4.69, 9.17) is 21.1 Å². The molecule has 0 saturated carbocycles. The van der Waals surface area contributed by atoms with Crippen molar-refractivity contribution < 1.29 is 14.3 Å². The van der Waals surface area contributed by atoms with E-state index >= 15 is 0 Å². The summed E-state index contributed by atoms with van der Waals surface area (Å²) in [4.78, 5) is 12.0. The first-order valence-corrected chi connectivity index (χ1v) is 8.11. The third-order valence-electron chi connectivity index (χ3n) is 3.36. The van der Waals surface area contributed by atoms with Crippen molar-refractivity contribution in [2.75, 3.05) is 25.6 Å². The van der Waals surface area contributed by atoms with Crippen LogP contribution in [0.5, 0.6) is 11.5 Å². The molecule has 2 amide bonds. The molecule has 128 valence electrons. The second-order valence-corrected chi connectivity index (χ2v) is 5.45. The molecule has 0 heterocycles. The van der Waals surface area contributed by atoms with Crippen molar-refractivity contribution in [3.63, 3.8) is 0 Å². The molecule has 0 bridgehead atoms. The lowest BCUT2D eigenvalue weighted by atomic mass is 10.1. The first-order valence-electron chi connectivity index (χ1n) is 7.73. The molecule has 0 atom stereocenters. The number of hydrogen-bond donors (Lipinski definition) is 2. The molecule has 24 heavy (non-hydrogen) atoms. The molecule has 0 spiro atoms. The van der Waals surface area contributed by atoms with Gasteiger partial charge < -0.3 is 20.1 Å². The predicted molar refractivity (Wildman–Crippen MR) is 96.3 cm³/mol. The lowest BCUT2D eigenvalue weighted by molar-refractivity contribution is 0.252. The quantitative estimate of drug-likeness (QED) is 0.791. The molecular weight excluding hydrogens is 328 g/mol. The summed E-state index contributed by atoms with van der Waals surface area (Å²) in [5.74, 6) is 1.40. The van der Waals surface area contributed by atoms with Crippen molar-refractivity contribution in [2.45, 2.75) is 13.3 Å². The van der Waals surface area contributed by atoms with Crippen molar-refractivity contribution in [1.29, 1.82) is 0 Å². The largest absolute Gasteiger partial charge is 0.495 e. The number of urea groups is 1. The van der Waals surface area contributed by atoms with Gasteiger partial charge in [0.2, 0.25) is 0 Å². The topological polar surface area (TPSA) is 59.6 Å². The molecular formula is C18H21ClN2O3. The van der Waals surface area contributed by atoms with Gasteiger partial charge in [-0.25, -0.2) is 4.79 Å². The zero-order valence-electron chi connectivity index (χ0n) is 13.8. The maximum absolute atomic E-state index is 12.0. The summed E-state index contributed by atoms with van der Waals surface area (Å²) in [6.07, 6.45) is 0.677. The van der Waals surface area contributed by atoms with Gasteiger partial charge in [-0.3, -0.25) is 0 Å². The number of carbonyl (C=O) groups excluding carboxylic acids is 1. The third kappa shape index (κ3) is 5.06. The van der Waals surface area contributed by atoms with Crippen molar-refractivity contribution >= 4 is 23.3 Å². The normalized spacial score (nSPS) is 10.1. The smallest absolute Gasteiger partial charge is 0.319 e. The fraction of sp³-hybridized carbons (Fsp3) is 0.278. The number of ether oxygens (including phenoxy) is 2. The second-order valence-electron chi connectivity index (χ2n) is 5.02. The van der Waals surface area contributed by atoms with E-state index in [0.29, 0.717) is 36.0 Å². The highest BCUT2D eigenvalue weighted by molar-refractivity contribution is 6.31. The number of methoxy groups -OCH3 is 1. The number of halogens is 1. The van der Waals surface area contributed by atoms with Crippen LogP contribution < -0.4 is 20.1 Å². The number of nitrogens with one attached hydrogen (secondary N) is 2. The van der Waals surface area contributed by atoms with Crippen LogP contribution in [0.2, 0.25) is 5.02 Å². The van der Waals surface area contributed by atoms with E-state index < -0.39 is 0 Å². The van der Waals surface area contributed by atoms with Crippen LogP contribution in [-0.2, 0) is 6.42 Å². The third-order valence-corrected chi connectivity index (χ3v) is 3.60. The van der Waals surface area contributed by atoms with Crippen LogP contribution in [0.3, 0.4) is 0 Å². The van der Waals surface area contributed by atoms with E-state index in [1.165, 1.54) is 7.11 Å². The Morgan fingerprint density at radius 2 is 1.96 bits per heavy atom. The van der Waals surface area contributed by atoms with Crippen molar-refractivity contribution in [2.24, 2.45) is 0 Å². The Labute approximate surface area is 146 Å². The van der Waals surface area contributed by atoms with Crippen LogP contribution >= 0.6 is 11.6 Å². The summed E-state index contributed by atoms with van der Waals surface area (Å²) in [5.41, 5.74) is 1.58. The Kier molecular flexibility index (Phi) is 6.75. The number of rotatable bonds is 7. The average Bonchev–Trinajstić information content (AvgIpc) is 2.57. The van der Waals surface area contributed by atoms with E-state index in [9.17, 15) is 4.79 Å². The van der Waals surface area contributed by atoms with Gasteiger partial charge in [0.15, 0.2) is 0 Å². The highest BCUT2D eigenvalue weighted by Gasteiger charge is 2.08. The molecule has 2 aromatic rings. The highest BCUT2D eigenvalue weighted by Crippen LogP contribution is 2.27. The molecule has 0 aromatic heterocycles. The molecule has 5 nitrogen and oxygen atoms in total. The minimum Gasteiger partial charge on any atom is -0.495 e. The van der Waals surface area contributed by atoms with E-state index in [0.717, 1.165) is 11.3 Å². The van der Waals surface area contributed by atoms with Crippen molar-refractivity contribution in [3.8, 4) is 11.5 Å². The van der Waals surface area contributed by atoms with Crippen LogP contribution in [0.25, 0.3) is 0 Å². The van der Waals surface area contributed by atoms with E-state index in [-0.39, 0.29) is 6.03 Å². The summed E-state index contributed by atoms with van der Waals surface area (Å²) in [6.45, 7) is 3.04. The van der Waals surface area contributed by atoms with Crippen molar-refractivity contribution in [1.82, 2.24) is 5.32 Å². The SMILES string of the molecule is CCOc1ccccc1CCNC(=O)Nc1cc(Cl)ccc1OC. The molecule has 2 rings (SSSR count). The van der Waals surface area contributed by atoms with E-state index in [2.05, 4.69) is 10.6 Å². The summed E-state index contributed by atoms with van der Waals surface area (Å²) < 4.78 is 10.8. The lowest BCUT2D eigenvalue weighted by Crippen LogP contribution is -2.30. The first-order chi connectivity index (χ1) is 11.6. The number of carbonyl (C=O) groups is 1. The highest BCUT2D eigenvalue weighted by atomic mass is 35.5. The van der Waals surface area contributed by atoms with Gasteiger partial charge in [-0.1, -0.05) is 29.8 Å². The van der Waals surface area contributed by atoms with Crippen LogP contribution in [0, 0.1) is 0 Å². The predicted octanol–water partition coefficient (Wildman–Crippen LogP) is 4.11. The standard InChI is InChI=1S/C18H21ClN2O3/c1-3-24-16-7-5-4-6-13(16)10-11-20-18(22)21-15-12-14(19)8-9-17(15)23-2/h4-9,12H,3,10-11H2,1-2H3,(H2,20,21,22). The first kappa shape index (κ1) is 17.9. The zero-order chi connectivity index (χ0) is 17.4. The van der Waals surface area contributed by atoms with E-state index in [1.807, 2.05) is 31.2 Å². The van der Waals surface area contributed by atoms with Crippen LogP contribution in [0.15, 0.2) is 42.5 Å². The zero-order valence-corrected chi connectivity index (χ0v) is 14.5. The molecule has 0 radical (unpaired) electrons. The fourth-order valence-electron chi connectivity index (χ4n) is 2.26. The molecule has 0 fully saturated rings. The van der Waals surface area contributed by atoms with Gasteiger partial charge in [-0.2, -0.15) is 0 Å². The Morgan fingerprint density at radius 3 is 2.71 bits per heavy atom. The molecule has 0 saturated heterocycles. The summed E-state index contributed by atoms with van der Waals surface area (Å²) in [6, 6.07) is 12.5. The minimum atomic E-state index is -0.315. The van der Waals surface area contributed by atoms with Gasteiger partial charge in [0.1, 0.15) is 11.5 Å². The molecule has 2 aromatic carbocycles. The molecule has 0 unspecified atom stereocenters. The van der Waals surface area contributed by atoms with Gasteiger partial charge in [0, 0.05) is 11.6 Å². The van der Waals surface area contributed by atoms with Gasteiger partial charge in [-0.05, 0) is 43.2 Å². The summed E-state index contributed by atoms with van der Waals surface area (Å²) in [7, 11) is 1.54. The number of hydrogen-bond acceptors (Lipinski definition) is 3. The Morgan fingerprint density at radius 1 is 1.17 bits per heavy atom. The molecule has 2 N–H and O–H groups in total. The van der Waals surface area contributed by atoms with Gasteiger partial charge in [-0.15, -0.1) is 0 Å². The van der Waals surface area contributed by atoms with Crippen LogP contribution in [0.1, 0.15) is 12.5 Å². The molecule has 0 aliphatic heterocycles. The second kappa shape index (κ2) is 9.03. The average molecular weight is 349 g/mol. The Hall–Kier alpha value is -2.40. The Balaban J connectivity index is 1.89. The monoisotopic (exact) mass is 348 g/mol. The molecule has 6 heteroatoms. The maximum Gasteiger partial charge on any atom is 0.319 e. The van der Waals surface area contributed by atoms with E-state index in [1.54, 1.807) is 18.2 Å². The number of amides is 2. The summed E-state index contributed by atoms with van der Waals surface area (Å²) in [5, 5.41) is 6.08. The number of benzene rings is 2. The Bertz CT molecular complexity index is 692. The maximum atomic E-state index is 12.0. The van der Waals surface area contributed by atoms with Crippen molar-refractivity contribution in [3.05, 3.63) is 53.1 Å². The number of anilines is 1. The number of para-hydroxylation sites is 1. The van der Waals surface area contributed by atoms with Gasteiger partial charge in [0.25, 0.3) is 0 Å². The van der Waals surface area contributed by atoms with Gasteiger partial charge in [0.05, 0.1) is 19.4 Å². The molecule has 0 aliphatic rings. The fourth-order valence-corrected chi connectivity index (χ4v) is 2.43. The van der Waals surface area contributed by atoms with Crippen LogP contribution in [-0.4, -0.2) is 26.3 Å². The molecule has 0 aliphatic carbocycles. The minimum absolute atomic E-state index is 0.315. The lowest BCUT2D eigenvalue weighted by Gasteiger charge is -2.13. The van der Waals surface area contributed by atoms with Crippen LogP contribution in [0.4, 0.5) is 10.5 Å². The summed E-state index contributed by atoms with van der Waals surface area (Å²) >= 11 is 5.95. The van der Waals surface area contributed by atoms with Gasteiger partial charge >= 0.3 is 6.03 Å².